The Morgan fingerprint density at radius 1 is 1.10 bits per heavy atom. The molecule has 7 nitrogen and oxygen atoms in total. The molecule has 0 fully saturated rings. The molecule has 0 aromatic heterocycles. The molecule has 9 heteroatoms. The Morgan fingerprint density at radius 2 is 1.76 bits per heavy atom. The van der Waals surface area contributed by atoms with Gasteiger partial charge in [0.15, 0.2) is 5.78 Å². The van der Waals surface area contributed by atoms with Gasteiger partial charge in [-0.05, 0) is 52.2 Å². The summed E-state index contributed by atoms with van der Waals surface area (Å²) >= 11 is 1.94. The lowest BCUT2D eigenvalue weighted by atomic mass is 9.96. The number of rotatable bonds is 12. The van der Waals surface area contributed by atoms with E-state index < -0.39 is 23.9 Å². The SMILES string of the molecule is CC(C)CC(NC(=O)C(Cc1ccccc1)NC(=O)CN)C(=O)CCC([O-])=PI. The topological polar surface area (TPSA) is 124 Å². The number of halogens is 1. The molecular formula is C20H28IN3O4P-. The molecule has 0 aliphatic rings. The van der Waals surface area contributed by atoms with Crippen molar-refractivity contribution in [1.82, 2.24) is 10.6 Å². The molecule has 1 aromatic rings. The van der Waals surface area contributed by atoms with Crippen LogP contribution in [0.4, 0.5) is 0 Å². The molecule has 0 radical (unpaired) electrons. The van der Waals surface area contributed by atoms with E-state index in [1.165, 1.54) is 0 Å². The molecule has 1 rings (SSSR count). The first-order valence-corrected chi connectivity index (χ1v) is 13.2. The van der Waals surface area contributed by atoms with Gasteiger partial charge in [0.05, 0.1) is 12.6 Å². The number of hydrogen-bond donors (Lipinski definition) is 3. The van der Waals surface area contributed by atoms with Crippen LogP contribution in [0.2, 0.25) is 0 Å². The van der Waals surface area contributed by atoms with Crippen molar-refractivity contribution in [2.45, 2.75) is 51.6 Å². The van der Waals surface area contributed by atoms with E-state index in [1.807, 2.05) is 66.2 Å². The second-order valence-electron chi connectivity index (χ2n) is 7.15. The van der Waals surface area contributed by atoms with E-state index >= 15 is 0 Å². The number of ketones is 1. The summed E-state index contributed by atoms with van der Waals surface area (Å²) in [4.78, 5) is 37.3. The Kier molecular flexibility index (Phi) is 12.2. The Morgan fingerprint density at radius 3 is 2.31 bits per heavy atom. The first-order chi connectivity index (χ1) is 13.8. The quantitative estimate of drug-likeness (QED) is 0.277. The zero-order valence-corrected chi connectivity index (χ0v) is 19.7. The largest absolute Gasteiger partial charge is 0.827 e. The van der Waals surface area contributed by atoms with Crippen LogP contribution in [0.1, 0.15) is 38.7 Å². The van der Waals surface area contributed by atoms with Gasteiger partial charge < -0.3 is 21.5 Å². The highest BCUT2D eigenvalue weighted by Crippen LogP contribution is 2.14. The van der Waals surface area contributed by atoms with E-state index in [0.717, 1.165) is 5.56 Å². The minimum Gasteiger partial charge on any atom is -0.827 e. The van der Waals surface area contributed by atoms with Gasteiger partial charge in [0, 0.05) is 12.8 Å². The Balaban J connectivity index is 2.91. The first kappa shape index (κ1) is 25.7. The first-order valence-electron chi connectivity index (χ1n) is 9.48. The van der Waals surface area contributed by atoms with Gasteiger partial charge in [-0.2, -0.15) is 0 Å². The van der Waals surface area contributed by atoms with E-state index in [-0.39, 0.29) is 43.0 Å². The van der Waals surface area contributed by atoms with Crippen molar-refractivity contribution in [2.24, 2.45) is 11.7 Å². The van der Waals surface area contributed by atoms with Gasteiger partial charge in [-0.15, -0.1) is 5.48 Å². The van der Waals surface area contributed by atoms with Crippen LogP contribution in [-0.4, -0.2) is 41.7 Å². The maximum absolute atomic E-state index is 12.9. The van der Waals surface area contributed by atoms with Crippen LogP contribution in [0.5, 0.6) is 0 Å². The van der Waals surface area contributed by atoms with Crippen LogP contribution in [0.3, 0.4) is 0 Å². The monoisotopic (exact) mass is 532 g/mol. The van der Waals surface area contributed by atoms with Crippen molar-refractivity contribution >= 4 is 51.0 Å². The predicted octanol–water partition coefficient (Wildman–Crippen LogP) is 1.34. The Labute approximate surface area is 186 Å². The maximum atomic E-state index is 12.9. The van der Waals surface area contributed by atoms with Crippen molar-refractivity contribution in [1.29, 1.82) is 0 Å². The summed E-state index contributed by atoms with van der Waals surface area (Å²) in [6, 6.07) is 7.75. The Bertz CT molecular complexity index is 713. The number of carbonyl (C=O) groups excluding carboxylic acids is 3. The maximum Gasteiger partial charge on any atom is 0.243 e. The summed E-state index contributed by atoms with van der Waals surface area (Å²) in [6.45, 7) is 3.68. The number of amides is 2. The smallest absolute Gasteiger partial charge is 0.243 e. The number of nitrogens with one attached hydrogen (secondary N) is 2. The molecule has 29 heavy (non-hydrogen) atoms. The summed E-state index contributed by atoms with van der Waals surface area (Å²) < 4.78 is 0. The number of benzene rings is 1. The van der Waals surface area contributed by atoms with Crippen molar-refractivity contribution in [3.8, 4) is 0 Å². The van der Waals surface area contributed by atoms with Crippen LogP contribution >= 0.6 is 27.9 Å². The fourth-order valence-corrected chi connectivity index (χ4v) is 3.69. The lowest BCUT2D eigenvalue weighted by molar-refractivity contribution is -0.212. The molecule has 2 amide bonds. The van der Waals surface area contributed by atoms with E-state index in [1.54, 1.807) is 0 Å². The van der Waals surface area contributed by atoms with Gasteiger partial charge in [-0.1, -0.05) is 44.2 Å². The molecule has 160 valence electrons. The highest BCUT2D eigenvalue weighted by atomic mass is 127. The molecule has 0 saturated heterocycles. The summed E-state index contributed by atoms with van der Waals surface area (Å²) in [7, 11) is 0. The third-order valence-corrected chi connectivity index (χ3v) is 6.24. The minimum absolute atomic E-state index is 0.0225. The van der Waals surface area contributed by atoms with E-state index in [9.17, 15) is 19.5 Å². The van der Waals surface area contributed by atoms with Gasteiger partial charge in [0.1, 0.15) is 6.04 Å². The summed E-state index contributed by atoms with van der Waals surface area (Å²) in [5.74, 6) is -0.294. The Hall–Kier alpha value is -1.35. The lowest BCUT2D eigenvalue weighted by Gasteiger charge is -2.24. The normalized spacial score (nSPS) is 13.7. The molecule has 4 N–H and O–H groups in total. The number of Topliss-reactive ketones (excluding diaryl/α,β-unsaturated/α-hetero) is 1. The van der Waals surface area contributed by atoms with Gasteiger partial charge in [-0.25, -0.2) is 0 Å². The molecule has 0 spiro atoms. The molecule has 0 bridgehead atoms. The average Bonchev–Trinajstić information content (AvgIpc) is 2.70. The zero-order valence-electron chi connectivity index (χ0n) is 16.7. The molecule has 2 atom stereocenters. The number of hydrogen-bond acceptors (Lipinski definition) is 5. The highest BCUT2D eigenvalue weighted by molar-refractivity contribution is 14.2. The molecule has 0 aliphatic heterocycles. The predicted molar refractivity (Wildman–Crippen MR) is 123 cm³/mol. The van der Waals surface area contributed by atoms with Crippen LogP contribution in [0.25, 0.3) is 0 Å². The minimum atomic E-state index is -0.842. The van der Waals surface area contributed by atoms with Crippen molar-refractivity contribution in [2.75, 3.05) is 6.54 Å². The molecule has 0 aliphatic carbocycles. The lowest BCUT2D eigenvalue weighted by Crippen LogP contribution is -2.53. The van der Waals surface area contributed by atoms with E-state index in [0.29, 0.717) is 12.3 Å². The van der Waals surface area contributed by atoms with Crippen LogP contribution in [0.15, 0.2) is 30.3 Å². The van der Waals surface area contributed by atoms with E-state index in [2.05, 4.69) is 10.6 Å². The second-order valence-corrected chi connectivity index (χ2v) is 9.26. The summed E-state index contributed by atoms with van der Waals surface area (Å²) in [6.07, 6.45) is 0.993. The molecule has 1 aromatic carbocycles. The van der Waals surface area contributed by atoms with Gasteiger partial charge in [-0.3, -0.25) is 14.4 Å². The standard InChI is InChI=1S/C20H29IN3O4P/c1-13(2)10-15(17(25)8-9-19(27)29-21)24-20(28)16(23-18(26)12-22)11-14-6-4-3-5-7-14/h3-7,13,15-16,27H,8-12,22H2,1-2H3,(H,23,26)(H,24,28)/p-1. The van der Waals surface area contributed by atoms with Gasteiger partial charge in [0.25, 0.3) is 0 Å². The van der Waals surface area contributed by atoms with Crippen molar-refractivity contribution in [3.05, 3.63) is 35.9 Å². The summed E-state index contributed by atoms with van der Waals surface area (Å²) in [5.41, 5.74) is 6.23. The van der Waals surface area contributed by atoms with Crippen molar-refractivity contribution < 1.29 is 19.5 Å². The summed E-state index contributed by atoms with van der Waals surface area (Å²) in [5, 5.41) is 16.9. The van der Waals surface area contributed by atoms with Gasteiger partial charge in [0.2, 0.25) is 11.8 Å². The van der Waals surface area contributed by atoms with E-state index in [4.69, 9.17) is 5.73 Å². The number of carbonyl (C=O) groups is 3. The van der Waals surface area contributed by atoms with Gasteiger partial charge >= 0.3 is 0 Å². The third kappa shape index (κ3) is 10.3. The average molecular weight is 532 g/mol. The van der Waals surface area contributed by atoms with Crippen molar-refractivity contribution in [3.63, 3.8) is 0 Å². The fraction of sp³-hybridized carbons (Fsp3) is 0.500. The zero-order chi connectivity index (χ0) is 21.8. The molecule has 0 saturated carbocycles. The van der Waals surface area contributed by atoms with Crippen LogP contribution < -0.4 is 21.5 Å². The molecular weight excluding hydrogens is 504 g/mol. The number of nitrogens with two attached hydrogens (primary N) is 1. The molecule has 0 heterocycles. The van der Waals surface area contributed by atoms with Crippen LogP contribution in [-0.2, 0) is 20.8 Å². The molecule has 2 unspecified atom stereocenters. The van der Waals surface area contributed by atoms with Crippen LogP contribution in [0, 0.1) is 5.92 Å². The third-order valence-electron chi connectivity index (χ3n) is 4.21. The second kappa shape index (κ2) is 13.8. The highest BCUT2D eigenvalue weighted by Gasteiger charge is 2.27. The fourth-order valence-electron chi connectivity index (χ4n) is 2.77.